The van der Waals surface area contributed by atoms with E-state index < -0.39 is 17.6 Å². The van der Waals surface area contributed by atoms with E-state index in [4.69, 9.17) is 4.74 Å². The molecule has 4 rings (SSSR count). The van der Waals surface area contributed by atoms with Gasteiger partial charge in [-0.25, -0.2) is 0 Å². The fourth-order valence-electron chi connectivity index (χ4n) is 4.42. The van der Waals surface area contributed by atoms with Crippen LogP contribution in [0.4, 0.5) is 13.2 Å². The fraction of sp³-hybridized carbons (Fsp3) is 0.458. The lowest BCUT2D eigenvalue weighted by molar-refractivity contribution is -0.137. The van der Waals surface area contributed by atoms with Crippen molar-refractivity contribution >= 4 is 5.91 Å². The van der Waals surface area contributed by atoms with E-state index >= 15 is 0 Å². The Morgan fingerprint density at radius 1 is 1.15 bits per heavy atom. The number of aromatic nitrogens is 2. The highest BCUT2D eigenvalue weighted by Crippen LogP contribution is 2.30. The molecule has 2 aromatic rings. The molecular formula is C24H28F3N5O2. The van der Waals surface area contributed by atoms with E-state index in [0.29, 0.717) is 17.6 Å². The number of halogens is 3. The van der Waals surface area contributed by atoms with E-state index in [9.17, 15) is 18.0 Å². The first-order valence-corrected chi connectivity index (χ1v) is 11.4. The highest BCUT2D eigenvalue weighted by atomic mass is 19.4. The second kappa shape index (κ2) is 10.4. The van der Waals surface area contributed by atoms with E-state index in [1.54, 1.807) is 6.20 Å². The van der Waals surface area contributed by atoms with Crippen LogP contribution in [0.5, 0.6) is 5.88 Å². The van der Waals surface area contributed by atoms with Crippen LogP contribution >= 0.6 is 0 Å². The fourth-order valence-corrected chi connectivity index (χ4v) is 4.42. The van der Waals surface area contributed by atoms with E-state index in [0.717, 1.165) is 50.9 Å². The Hall–Kier alpha value is -3.14. The van der Waals surface area contributed by atoms with Gasteiger partial charge in [0.15, 0.2) is 0 Å². The second-order valence-electron chi connectivity index (χ2n) is 8.77. The summed E-state index contributed by atoms with van der Waals surface area (Å²) in [5, 5.41) is 13.7. The van der Waals surface area contributed by atoms with Crippen LogP contribution in [0.25, 0.3) is 0 Å². The average molecular weight is 476 g/mol. The minimum Gasteiger partial charge on any atom is -0.473 e. The number of carbonyl (C=O) groups excluding carboxylic acids is 1. The molecule has 1 saturated carbocycles. The molecule has 10 heteroatoms. The third-order valence-corrected chi connectivity index (χ3v) is 6.23. The van der Waals surface area contributed by atoms with E-state index in [-0.39, 0.29) is 24.3 Å². The molecule has 1 aliphatic carbocycles. The molecule has 0 atom stereocenters. The van der Waals surface area contributed by atoms with Crippen LogP contribution < -0.4 is 15.4 Å². The first kappa shape index (κ1) is 24.0. The summed E-state index contributed by atoms with van der Waals surface area (Å²) < 4.78 is 44.4. The van der Waals surface area contributed by atoms with Crippen molar-refractivity contribution in [1.82, 2.24) is 25.7 Å². The molecule has 7 nitrogen and oxygen atoms in total. The van der Waals surface area contributed by atoms with Crippen LogP contribution in [0.15, 0.2) is 54.9 Å². The third kappa shape index (κ3) is 6.25. The molecule has 1 aromatic heterocycles. The number of hydrogen-bond donors (Lipinski definition) is 2. The standard InChI is InChI=1S/C24H28F3N5O2/c1-16(13-28-23(33)17-4-2-5-18(12-17)24(25,26)27)30-19-14-32(15-19)20-7-9-21(10-8-20)34-22-6-3-11-29-31-22/h2-6,11-12,19-21,30H,1,7-10,13-15H2,(H,28,33)/t20-,21+. The lowest BCUT2D eigenvalue weighted by Crippen LogP contribution is -2.61. The lowest BCUT2D eigenvalue weighted by atomic mass is 9.89. The molecule has 2 N–H and O–H groups in total. The molecule has 182 valence electrons. The van der Waals surface area contributed by atoms with Crippen LogP contribution in [-0.2, 0) is 6.18 Å². The zero-order valence-electron chi connectivity index (χ0n) is 18.7. The Morgan fingerprint density at radius 3 is 2.59 bits per heavy atom. The number of likely N-dealkylation sites (tertiary alicyclic amines) is 1. The summed E-state index contributed by atoms with van der Waals surface area (Å²) in [7, 11) is 0. The van der Waals surface area contributed by atoms with Crippen molar-refractivity contribution in [2.24, 2.45) is 0 Å². The molecule has 1 saturated heterocycles. The summed E-state index contributed by atoms with van der Waals surface area (Å²) >= 11 is 0. The summed E-state index contributed by atoms with van der Waals surface area (Å²) in [5.41, 5.74) is -0.247. The number of nitrogens with zero attached hydrogens (tertiary/aromatic N) is 3. The van der Waals surface area contributed by atoms with Gasteiger partial charge in [0.2, 0.25) is 5.88 Å². The van der Waals surface area contributed by atoms with Crippen molar-refractivity contribution in [3.63, 3.8) is 0 Å². The Kier molecular flexibility index (Phi) is 7.35. The second-order valence-corrected chi connectivity index (χ2v) is 8.77. The first-order valence-electron chi connectivity index (χ1n) is 11.4. The lowest BCUT2D eigenvalue weighted by Gasteiger charge is -2.47. The molecular weight excluding hydrogens is 447 g/mol. The topological polar surface area (TPSA) is 79.4 Å². The van der Waals surface area contributed by atoms with Gasteiger partial charge < -0.3 is 15.4 Å². The van der Waals surface area contributed by atoms with Crippen molar-refractivity contribution in [3.8, 4) is 5.88 Å². The number of hydrogen-bond acceptors (Lipinski definition) is 6. The number of rotatable bonds is 8. The Morgan fingerprint density at radius 2 is 1.91 bits per heavy atom. The number of ether oxygens (including phenoxy) is 1. The monoisotopic (exact) mass is 475 g/mol. The average Bonchev–Trinajstić information content (AvgIpc) is 2.80. The zero-order valence-corrected chi connectivity index (χ0v) is 18.7. The number of benzene rings is 1. The number of nitrogens with one attached hydrogen (secondary N) is 2. The number of alkyl halides is 3. The molecule has 1 amide bonds. The van der Waals surface area contributed by atoms with Crippen molar-refractivity contribution in [1.29, 1.82) is 0 Å². The van der Waals surface area contributed by atoms with Crippen molar-refractivity contribution in [2.75, 3.05) is 19.6 Å². The minimum absolute atomic E-state index is 0.0312. The maximum absolute atomic E-state index is 12.8. The van der Waals surface area contributed by atoms with Gasteiger partial charge in [0.05, 0.1) is 18.2 Å². The van der Waals surface area contributed by atoms with Crippen LogP contribution in [0.2, 0.25) is 0 Å². The smallest absolute Gasteiger partial charge is 0.416 e. The van der Waals surface area contributed by atoms with Crippen LogP contribution in [0.1, 0.15) is 41.6 Å². The van der Waals surface area contributed by atoms with E-state index in [1.165, 1.54) is 12.1 Å². The van der Waals surface area contributed by atoms with Gasteiger partial charge in [-0.3, -0.25) is 9.69 Å². The summed E-state index contributed by atoms with van der Waals surface area (Å²) in [6.07, 6.45) is 1.38. The molecule has 2 fully saturated rings. The Labute approximate surface area is 196 Å². The van der Waals surface area contributed by atoms with Gasteiger partial charge in [-0.2, -0.15) is 18.3 Å². The van der Waals surface area contributed by atoms with Crippen LogP contribution in [0, 0.1) is 0 Å². The SMILES string of the molecule is C=C(CNC(=O)c1cccc(C(F)(F)F)c1)NC1CN([C@H]2CC[C@@H](Oc3cccnn3)CC2)C1. The number of carbonyl (C=O) groups is 1. The molecule has 1 aliphatic heterocycles. The van der Waals surface area contributed by atoms with Crippen molar-refractivity contribution in [3.05, 3.63) is 66.0 Å². The van der Waals surface area contributed by atoms with E-state index in [1.807, 2.05) is 12.1 Å². The number of amides is 1. The molecule has 34 heavy (non-hydrogen) atoms. The highest BCUT2D eigenvalue weighted by Gasteiger charge is 2.35. The zero-order chi connectivity index (χ0) is 24.1. The summed E-state index contributed by atoms with van der Waals surface area (Å²) in [6, 6.07) is 8.77. The first-order chi connectivity index (χ1) is 16.3. The minimum atomic E-state index is -4.49. The van der Waals surface area contributed by atoms with Gasteiger partial charge in [0.25, 0.3) is 5.91 Å². The normalized spacial score (nSPS) is 21.4. The summed E-state index contributed by atoms with van der Waals surface area (Å²) in [6.45, 7) is 5.86. The third-order valence-electron chi connectivity index (χ3n) is 6.23. The maximum Gasteiger partial charge on any atom is 0.416 e. The van der Waals surface area contributed by atoms with Crippen LogP contribution in [-0.4, -0.2) is 58.8 Å². The van der Waals surface area contributed by atoms with Gasteiger partial charge in [0.1, 0.15) is 6.10 Å². The Bertz CT molecular complexity index is 988. The quantitative estimate of drug-likeness (QED) is 0.609. The molecule has 2 aliphatic rings. The van der Waals surface area contributed by atoms with Gasteiger partial charge in [-0.15, -0.1) is 5.10 Å². The predicted molar refractivity (Wildman–Crippen MR) is 120 cm³/mol. The molecule has 0 radical (unpaired) electrons. The van der Waals surface area contributed by atoms with Gasteiger partial charge in [-0.1, -0.05) is 12.6 Å². The Balaban J connectivity index is 1.13. The predicted octanol–water partition coefficient (Wildman–Crippen LogP) is 3.40. The van der Waals surface area contributed by atoms with Crippen molar-refractivity contribution < 1.29 is 22.7 Å². The van der Waals surface area contributed by atoms with Gasteiger partial charge in [0, 0.05) is 42.7 Å². The van der Waals surface area contributed by atoms with Gasteiger partial charge in [-0.05, 0) is 49.9 Å². The summed E-state index contributed by atoms with van der Waals surface area (Å²) in [4.78, 5) is 14.7. The van der Waals surface area contributed by atoms with Crippen LogP contribution in [0.3, 0.4) is 0 Å². The summed E-state index contributed by atoms with van der Waals surface area (Å²) in [5.74, 6) is 0.00238. The van der Waals surface area contributed by atoms with Gasteiger partial charge >= 0.3 is 6.18 Å². The molecule has 0 spiro atoms. The van der Waals surface area contributed by atoms with Crippen molar-refractivity contribution in [2.45, 2.75) is 50.0 Å². The molecule has 0 unspecified atom stereocenters. The molecule has 0 bridgehead atoms. The molecule has 2 heterocycles. The largest absolute Gasteiger partial charge is 0.473 e. The molecule has 1 aromatic carbocycles. The van der Waals surface area contributed by atoms with E-state index in [2.05, 4.69) is 32.3 Å². The maximum atomic E-state index is 12.8. The highest BCUT2D eigenvalue weighted by molar-refractivity contribution is 5.94.